The highest BCUT2D eigenvalue weighted by atomic mass is 15.0. The summed E-state index contributed by atoms with van der Waals surface area (Å²) in [6.07, 6.45) is 0. The molecule has 3 aromatic heterocycles. The van der Waals surface area contributed by atoms with Gasteiger partial charge in [-0.3, -0.25) is 0 Å². The fraction of sp³-hybridized carbons (Fsp3) is 0.0484. The summed E-state index contributed by atoms with van der Waals surface area (Å²) in [6, 6.07) is 81.9. The molecule has 0 fully saturated rings. The van der Waals surface area contributed by atoms with Crippen molar-refractivity contribution in [2.75, 3.05) is 0 Å². The van der Waals surface area contributed by atoms with Gasteiger partial charge in [-0.05, 0) is 111 Å². The first-order valence-corrected chi connectivity index (χ1v) is 22.5. The highest BCUT2D eigenvalue weighted by Gasteiger charge is 2.37. The van der Waals surface area contributed by atoms with Gasteiger partial charge in [0.1, 0.15) is 0 Å². The van der Waals surface area contributed by atoms with Crippen molar-refractivity contribution < 1.29 is 0 Å². The molecule has 0 aliphatic heterocycles. The fourth-order valence-corrected chi connectivity index (χ4v) is 10.9. The molecule has 1 aliphatic rings. The smallest absolute Gasteiger partial charge is 0.0710 e. The molecule has 65 heavy (non-hydrogen) atoms. The van der Waals surface area contributed by atoms with Crippen LogP contribution in [0.1, 0.15) is 25.0 Å². The van der Waals surface area contributed by atoms with Crippen molar-refractivity contribution in [3.8, 4) is 67.3 Å². The lowest BCUT2D eigenvalue weighted by atomic mass is 9.79. The van der Waals surface area contributed by atoms with Crippen LogP contribution in [0.3, 0.4) is 0 Å². The molecule has 3 heteroatoms. The van der Waals surface area contributed by atoms with E-state index < -0.39 is 0 Å². The summed E-state index contributed by atoms with van der Waals surface area (Å²) >= 11 is 0. The Balaban J connectivity index is 1.02. The van der Waals surface area contributed by atoms with Gasteiger partial charge in [-0.15, -0.1) is 0 Å². The Hall–Kier alpha value is -8.27. The van der Waals surface area contributed by atoms with Crippen LogP contribution in [0.5, 0.6) is 0 Å². The fourth-order valence-electron chi connectivity index (χ4n) is 10.9. The molecule has 0 radical (unpaired) electrons. The molecule has 0 unspecified atom stereocenters. The van der Waals surface area contributed by atoms with E-state index >= 15 is 0 Å². The van der Waals surface area contributed by atoms with Gasteiger partial charge >= 0.3 is 0 Å². The molecule has 12 aromatic rings. The van der Waals surface area contributed by atoms with Crippen LogP contribution in [-0.4, -0.2) is 14.1 Å². The summed E-state index contributed by atoms with van der Waals surface area (Å²) in [5.74, 6) is 0. The Kier molecular flexibility index (Phi) is 8.25. The topological polar surface area (TPSA) is 22.8 Å². The summed E-state index contributed by atoms with van der Waals surface area (Å²) in [5, 5.41) is 4.94. The third-order valence-corrected chi connectivity index (χ3v) is 13.9. The summed E-state index contributed by atoms with van der Waals surface area (Å²) in [5.41, 5.74) is 21.2. The molecule has 0 atom stereocenters. The minimum absolute atomic E-state index is 0.137. The van der Waals surface area contributed by atoms with Crippen LogP contribution in [0.25, 0.3) is 111 Å². The zero-order valence-corrected chi connectivity index (χ0v) is 36.2. The molecule has 13 rings (SSSR count). The first-order valence-electron chi connectivity index (χ1n) is 22.5. The number of nitrogens with zero attached hydrogens (tertiary/aromatic N) is 3. The summed E-state index contributed by atoms with van der Waals surface area (Å²) in [6.45, 7) is 4.75. The van der Waals surface area contributed by atoms with Crippen LogP contribution in [0, 0.1) is 0 Å². The molecule has 0 N–H and O–H groups in total. The second-order valence-electron chi connectivity index (χ2n) is 17.9. The van der Waals surface area contributed by atoms with Crippen molar-refractivity contribution in [2.45, 2.75) is 19.3 Å². The standard InChI is InChI=1S/C62H43N3/c1-62(2)54-26-11-9-22-48(54)52-25-14-24-47(61(52)62)43-31-34-51-53-37-41(42-30-33-50-49-23-10-12-29-57(49)64(59(50)38-42)45-19-7-4-8-20-45)32-35-58(53)65(60(51)39-43)46-21-13-18-44(36-46)56-28-15-27-55(63-56)40-16-5-3-6-17-40/h3-39H,1-2H3. The summed E-state index contributed by atoms with van der Waals surface area (Å²) in [7, 11) is 0. The molecular formula is C62H43N3. The number of fused-ring (bicyclic) bond motifs is 9. The van der Waals surface area contributed by atoms with Crippen molar-refractivity contribution >= 4 is 43.6 Å². The van der Waals surface area contributed by atoms with E-state index in [4.69, 9.17) is 4.98 Å². The molecule has 0 spiro atoms. The van der Waals surface area contributed by atoms with Crippen LogP contribution in [0.2, 0.25) is 0 Å². The van der Waals surface area contributed by atoms with Gasteiger partial charge in [0.2, 0.25) is 0 Å². The highest BCUT2D eigenvalue weighted by Crippen LogP contribution is 2.52. The van der Waals surface area contributed by atoms with Crippen molar-refractivity contribution in [1.82, 2.24) is 14.1 Å². The van der Waals surface area contributed by atoms with Crippen LogP contribution in [-0.2, 0) is 5.41 Å². The monoisotopic (exact) mass is 829 g/mol. The number of pyridine rings is 1. The lowest BCUT2D eigenvalue weighted by Gasteiger charge is -2.24. The van der Waals surface area contributed by atoms with Crippen molar-refractivity contribution in [3.63, 3.8) is 0 Å². The Morgan fingerprint density at radius 3 is 1.71 bits per heavy atom. The lowest BCUT2D eigenvalue weighted by Crippen LogP contribution is -2.16. The van der Waals surface area contributed by atoms with E-state index in [1.54, 1.807) is 0 Å². The molecule has 0 saturated heterocycles. The summed E-state index contributed by atoms with van der Waals surface area (Å²) < 4.78 is 4.86. The van der Waals surface area contributed by atoms with Gasteiger partial charge in [0.15, 0.2) is 0 Å². The quantitative estimate of drug-likeness (QED) is 0.164. The van der Waals surface area contributed by atoms with E-state index in [9.17, 15) is 0 Å². The average molecular weight is 830 g/mol. The third-order valence-electron chi connectivity index (χ3n) is 13.9. The zero-order valence-electron chi connectivity index (χ0n) is 36.2. The van der Waals surface area contributed by atoms with Gasteiger partial charge in [0.25, 0.3) is 0 Å². The van der Waals surface area contributed by atoms with Crippen LogP contribution < -0.4 is 0 Å². The van der Waals surface area contributed by atoms with Crippen LogP contribution >= 0.6 is 0 Å². The second-order valence-corrected chi connectivity index (χ2v) is 17.9. The van der Waals surface area contributed by atoms with Crippen LogP contribution in [0.4, 0.5) is 0 Å². The molecule has 0 saturated carbocycles. The predicted molar refractivity (Wildman–Crippen MR) is 272 cm³/mol. The van der Waals surface area contributed by atoms with E-state index in [1.807, 2.05) is 6.07 Å². The molecule has 3 heterocycles. The van der Waals surface area contributed by atoms with E-state index in [0.717, 1.165) is 39.4 Å². The molecule has 9 aromatic carbocycles. The maximum Gasteiger partial charge on any atom is 0.0710 e. The van der Waals surface area contributed by atoms with Crippen LogP contribution in [0.15, 0.2) is 224 Å². The lowest BCUT2D eigenvalue weighted by molar-refractivity contribution is 0.662. The van der Waals surface area contributed by atoms with E-state index in [0.29, 0.717) is 0 Å². The minimum Gasteiger partial charge on any atom is -0.309 e. The highest BCUT2D eigenvalue weighted by molar-refractivity contribution is 6.13. The van der Waals surface area contributed by atoms with E-state index in [1.165, 1.54) is 82.6 Å². The maximum absolute atomic E-state index is 5.17. The maximum atomic E-state index is 5.17. The third kappa shape index (κ3) is 5.79. The Bertz CT molecular complexity index is 3850. The molecule has 306 valence electrons. The Morgan fingerprint density at radius 2 is 0.862 bits per heavy atom. The number of hydrogen-bond donors (Lipinski definition) is 0. The first-order chi connectivity index (χ1) is 32.0. The van der Waals surface area contributed by atoms with E-state index in [2.05, 4.69) is 241 Å². The van der Waals surface area contributed by atoms with Gasteiger partial charge in [-0.1, -0.05) is 172 Å². The average Bonchev–Trinajstić information content (AvgIpc) is 3.96. The number of hydrogen-bond acceptors (Lipinski definition) is 1. The van der Waals surface area contributed by atoms with Crippen molar-refractivity contribution in [2.24, 2.45) is 0 Å². The Labute approximate surface area is 378 Å². The zero-order chi connectivity index (χ0) is 43.2. The Morgan fingerprint density at radius 1 is 0.323 bits per heavy atom. The SMILES string of the molecule is CC1(C)c2ccccc2-c2cccc(-c3ccc4c5cc(-c6ccc7c8ccccc8n(-c8ccccc8)c7c6)ccc5n(-c5cccc(-c6cccc(-c7ccccc7)n6)c5)c4c3)c21. The molecule has 0 amide bonds. The predicted octanol–water partition coefficient (Wildman–Crippen LogP) is 16.3. The minimum atomic E-state index is -0.137. The van der Waals surface area contributed by atoms with Gasteiger partial charge in [0.05, 0.1) is 33.5 Å². The normalized spacial score (nSPS) is 12.9. The molecule has 0 bridgehead atoms. The van der Waals surface area contributed by atoms with E-state index in [-0.39, 0.29) is 5.41 Å². The number of aromatic nitrogens is 3. The first kappa shape index (κ1) is 37.3. The number of rotatable bonds is 6. The van der Waals surface area contributed by atoms with Gasteiger partial charge in [0, 0.05) is 49.5 Å². The van der Waals surface area contributed by atoms with Crippen molar-refractivity contribution in [1.29, 1.82) is 0 Å². The van der Waals surface area contributed by atoms with Crippen molar-refractivity contribution in [3.05, 3.63) is 236 Å². The molecule has 1 aliphatic carbocycles. The number of benzene rings is 9. The van der Waals surface area contributed by atoms with Gasteiger partial charge in [-0.25, -0.2) is 4.98 Å². The summed E-state index contributed by atoms with van der Waals surface area (Å²) in [4.78, 5) is 5.17. The second kappa shape index (κ2) is 14.4. The van der Waals surface area contributed by atoms with Gasteiger partial charge < -0.3 is 9.13 Å². The number of para-hydroxylation sites is 2. The van der Waals surface area contributed by atoms with Gasteiger partial charge in [-0.2, -0.15) is 0 Å². The molecular weight excluding hydrogens is 787 g/mol. The largest absolute Gasteiger partial charge is 0.309 e. The molecule has 3 nitrogen and oxygen atoms in total.